The molecule has 0 saturated carbocycles. The molecule has 3 rings (SSSR count). The SMILES string of the molecule is CC(=O)N(C)NC(=O)[C@@H](Cc1ccccc1)N(C)C(=O)[C@@H](Cc1ccc2ccccc2c1)N(C)C(=O)/C=C\CC(C)(C)N. The van der Waals surface area contributed by atoms with Crippen LogP contribution in [0.4, 0.5) is 0 Å². The lowest BCUT2D eigenvalue weighted by molar-refractivity contribution is -0.148. The van der Waals surface area contributed by atoms with Crippen molar-refractivity contribution in [2.24, 2.45) is 5.73 Å². The topological polar surface area (TPSA) is 116 Å². The monoisotopic (exact) mass is 585 g/mol. The summed E-state index contributed by atoms with van der Waals surface area (Å²) in [4.78, 5) is 55.7. The number of amides is 4. The number of hydrazine groups is 1. The number of hydrogen-bond donors (Lipinski definition) is 2. The normalized spacial score (nSPS) is 12.9. The maximum Gasteiger partial charge on any atom is 0.261 e. The molecule has 0 aliphatic heterocycles. The summed E-state index contributed by atoms with van der Waals surface area (Å²) >= 11 is 0. The van der Waals surface area contributed by atoms with Crippen LogP contribution >= 0.6 is 0 Å². The van der Waals surface area contributed by atoms with Crippen molar-refractivity contribution < 1.29 is 19.2 Å². The molecule has 0 heterocycles. The molecule has 0 unspecified atom stereocenters. The van der Waals surface area contributed by atoms with E-state index in [1.807, 2.05) is 86.6 Å². The molecule has 9 heteroatoms. The highest BCUT2D eigenvalue weighted by molar-refractivity contribution is 5.95. The van der Waals surface area contributed by atoms with Crippen LogP contribution in [0.25, 0.3) is 10.8 Å². The Morgan fingerprint density at radius 2 is 1.42 bits per heavy atom. The minimum atomic E-state index is -0.951. The van der Waals surface area contributed by atoms with Crippen LogP contribution in [-0.2, 0) is 32.0 Å². The molecule has 0 aliphatic rings. The maximum absolute atomic E-state index is 14.3. The predicted molar refractivity (Wildman–Crippen MR) is 170 cm³/mol. The summed E-state index contributed by atoms with van der Waals surface area (Å²) in [5.41, 5.74) is 9.89. The van der Waals surface area contributed by atoms with E-state index in [0.717, 1.165) is 26.9 Å². The number of nitrogens with zero attached hydrogens (tertiary/aromatic N) is 3. The minimum Gasteiger partial charge on any atom is -0.332 e. The molecule has 3 aromatic carbocycles. The molecule has 3 aromatic rings. The van der Waals surface area contributed by atoms with Gasteiger partial charge in [0.05, 0.1) is 0 Å². The predicted octanol–water partition coefficient (Wildman–Crippen LogP) is 3.47. The molecule has 9 nitrogen and oxygen atoms in total. The molecule has 2 atom stereocenters. The second-order valence-corrected chi connectivity index (χ2v) is 11.7. The number of carbonyl (C=O) groups is 4. The van der Waals surface area contributed by atoms with Crippen molar-refractivity contribution in [1.82, 2.24) is 20.2 Å². The first-order chi connectivity index (χ1) is 20.3. The van der Waals surface area contributed by atoms with Crippen molar-refractivity contribution >= 4 is 34.4 Å². The van der Waals surface area contributed by atoms with Gasteiger partial charge in [0, 0.05) is 46.4 Å². The molecule has 0 spiro atoms. The number of carbonyl (C=O) groups excluding carboxylic acids is 4. The summed E-state index contributed by atoms with van der Waals surface area (Å²) in [5, 5.41) is 3.18. The van der Waals surface area contributed by atoms with Gasteiger partial charge in [0.1, 0.15) is 12.1 Å². The Morgan fingerprint density at radius 1 is 0.814 bits per heavy atom. The Hall–Kier alpha value is -4.50. The Kier molecular flexibility index (Phi) is 11.2. The number of hydrogen-bond acceptors (Lipinski definition) is 5. The molecule has 228 valence electrons. The largest absolute Gasteiger partial charge is 0.332 e. The standard InChI is InChI=1S/C34H43N5O4/c1-24(40)39(6)36-32(42)29(22-25-13-8-7-9-14-25)38(5)33(43)30(37(4)31(41)17-12-20-34(2,3)35)23-26-18-19-27-15-10-11-16-28(27)21-26/h7-19,21,29-30H,20,22-23,35H2,1-6H3,(H,36,42)/b17-12-/t29-,30-/m1/s1. The number of nitrogens with one attached hydrogen (secondary N) is 1. The summed E-state index contributed by atoms with van der Waals surface area (Å²) in [5.74, 6) is -1.62. The number of rotatable bonds is 11. The zero-order valence-electron chi connectivity index (χ0n) is 25.9. The fourth-order valence-electron chi connectivity index (χ4n) is 4.66. The molecule has 3 N–H and O–H groups in total. The first-order valence-electron chi connectivity index (χ1n) is 14.3. The highest BCUT2D eigenvalue weighted by atomic mass is 16.2. The van der Waals surface area contributed by atoms with Crippen molar-refractivity contribution in [2.75, 3.05) is 21.1 Å². The van der Waals surface area contributed by atoms with Crippen LogP contribution in [0.5, 0.6) is 0 Å². The smallest absolute Gasteiger partial charge is 0.261 e. The minimum absolute atomic E-state index is 0.215. The molecule has 0 aliphatic carbocycles. The zero-order valence-corrected chi connectivity index (χ0v) is 25.9. The fourth-order valence-corrected chi connectivity index (χ4v) is 4.66. The molecule has 0 saturated heterocycles. The average molecular weight is 586 g/mol. The maximum atomic E-state index is 14.3. The Balaban J connectivity index is 1.97. The summed E-state index contributed by atoms with van der Waals surface area (Å²) in [6, 6.07) is 21.4. The Morgan fingerprint density at radius 3 is 2.05 bits per heavy atom. The van der Waals surface area contributed by atoms with E-state index in [-0.39, 0.29) is 24.7 Å². The number of nitrogens with two attached hydrogens (primary N) is 1. The molecule has 0 aromatic heterocycles. The Bertz CT molecular complexity index is 1460. The van der Waals surface area contributed by atoms with Gasteiger partial charge >= 0.3 is 0 Å². The van der Waals surface area contributed by atoms with Gasteiger partial charge in [-0.05, 0) is 48.2 Å². The molecular formula is C34H43N5O4. The second kappa shape index (κ2) is 14.6. The Labute approximate surface area is 254 Å². The van der Waals surface area contributed by atoms with Crippen LogP contribution in [0.2, 0.25) is 0 Å². The highest BCUT2D eigenvalue weighted by Gasteiger charge is 2.35. The number of likely N-dealkylation sites (N-methyl/N-ethyl adjacent to an activating group) is 2. The van der Waals surface area contributed by atoms with Crippen molar-refractivity contribution in [2.45, 2.75) is 57.7 Å². The molecular weight excluding hydrogens is 542 g/mol. The summed E-state index contributed by atoms with van der Waals surface area (Å²) in [6.07, 6.45) is 4.08. The van der Waals surface area contributed by atoms with E-state index in [4.69, 9.17) is 5.73 Å². The van der Waals surface area contributed by atoms with E-state index in [1.54, 1.807) is 20.2 Å². The first-order valence-corrected chi connectivity index (χ1v) is 14.3. The highest BCUT2D eigenvalue weighted by Crippen LogP contribution is 2.20. The third-order valence-electron chi connectivity index (χ3n) is 7.39. The van der Waals surface area contributed by atoms with Crippen molar-refractivity contribution in [3.63, 3.8) is 0 Å². The van der Waals surface area contributed by atoms with Crippen LogP contribution in [0, 0.1) is 0 Å². The molecule has 43 heavy (non-hydrogen) atoms. The van der Waals surface area contributed by atoms with Crippen LogP contribution in [0.1, 0.15) is 38.3 Å². The number of benzene rings is 3. The van der Waals surface area contributed by atoms with Crippen LogP contribution in [0.15, 0.2) is 84.9 Å². The van der Waals surface area contributed by atoms with Crippen LogP contribution < -0.4 is 11.2 Å². The van der Waals surface area contributed by atoms with Gasteiger partial charge in [0.2, 0.25) is 17.7 Å². The van der Waals surface area contributed by atoms with Gasteiger partial charge < -0.3 is 15.5 Å². The van der Waals surface area contributed by atoms with E-state index in [9.17, 15) is 19.2 Å². The number of fused-ring (bicyclic) bond motifs is 1. The lowest BCUT2D eigenvalue weighted by Crippen LogP contribution is -2.57. The van der Waals surface area contributed by atoms with Gasteiger partial charge in [0.25, 0.3) is 5.91 Å². The van der Waals surface area contributed by atoms with E-state index in [2.05, 4.69) is 5.43 Å². The summed E-state index contributed by atoms with van der Waals surface area (Å²) in [7, 11) is 4.60. The average Bonchev–Trinajstić information content (AvgIpc) is 2.97. The summed E-state index contributed by atoms with van der Waals surface area (Å²) < 4.78 is 0. The third kappa shape index (κ3) is 9.51. The lowest BCUT2D eigenvalue weighted by atomic mass is 9.98. The van der Waals surface area contributed by atoms with E-state index < -0.39 is 29.4 Å². The first kappa shape index (κ1) is 33.0. The second-order valence-electron chi connectivity index (χ2n) is 11.7. The lowest BCUT2D eigenvalue weighted by Gasteiger charge is -2.35. The quantitative estimate of drug-likeness (QED) is 0.264. The van der Waals surface area contributed by atoms with E-state index in [1.165, 1.54) is 29.8 Å². The van der Waals surface area contributed by atoms with Gasteiger partial charge in [0.15, 0.2) is 0 Å². The van der Waals surface area contributed by atoms with Gasteiger partial charge in [-0.1, -0.05) is 78.9 Å². The van der Waals surface area contributed by atoms with Gasteiger partial charge in [-0.25, -0.2) is 0 Å². The van der Waals surface area contributed by atoms with E-state index in [0.29, 0.717) is 6.42 Å². The molecule has 0 bridgehead atoms. The van der Waals surface area contributed by atoms with Crippen molar-refractivity contribution in [1.29, 1.82) is 0 Å². The van der Waals surface area contributed by atoms with Gasteiger partial charge in [-0.2, -0.15) is 0 Å². The van der Waals surface area contributed by atoms with E-state index >= 15 is 0 Å². The van der Waals surface area contributed by atoms with Crippen molar-refractivity contribution in [3.05, 3.63) is 96.1 Å². The molecule has 0 fully saturated rings. The van der Waals surface area contributed by atoms with Crippen LogP contribution in [-0.4, -0.2) is 77.2 Å². The summed E-state index contributed by atoms with van der Waals surface area (Å²) in [6.45, 7) is 5.07. The van der Waals surface area contributed by atoms with Crippen LogP contribution in [0.3, 0.4) is 0 Å². The van der Waals surface area contributed by atoms with Crippen molar-refractivity contribution in [3.8, 4) is 0 Å². The van der Waals surface area contributed by atoms with Gasteiger partial charge in [-0.15, -0.1) is 0 Å². The molecule has 0 radical (unpaired) electrons. The fraction of sp³-hybridized carbons (Fsp3) is 0.353. The third-order valence-corrected chi connectivity index (χ3v) is 7.39. The van der Waals surface area contributed by atoms with Gasteiger partial charge in [-0.3, -0.25) is 29.6 Å². The molecule has 4 amide bonds. The zero-order chi connectivity index (χ0) is 31.7.